The van der Waals surface area contributed by atoms with E-state index in [1.54, 1.807) is 0 Å². The van der Waals surface area contributed by atoms with E-state index in [4.69, 9.17) is 17.0 Å². The van der Waals surface area contributed by atoms with Crippen LogP contribution in [0.2, 0.25) is 0 Å². The van der Waals surface area contributed by atoms with Crippen molar-refractivity contribution < 1.29 is 4.74 Å². The van der Waals surface area contributed by atoms with Gasteiger partial charge in [0.15, 0.2) is 5.11 Å². The number of hydrogen-bond donors (Lipinski definition) is 1. The zero-order valence-corrected chi connectivity index (χ0v) is 18.4. The van der Waals surface area contributed by atoms with Crippen molar-refractivity contribution in [2.75, 3.05) is 39.4 Å². The van der Waals surface area contributed by atoms with E-state index in [1.165, 1.54) is 5.56 Å². The van der Waals surface area contributed by atoms with Crippen molar-refractivity contribution in [3.8, 4) is 0 Å². The molecular formula is C22H31N5OS. The molecule has 2 atom stereocenters. The first-order chi connectivity index (χ1) is 13.9. The molecule has 0 spiro atoms. The standard InChI is InChI=1S/C22H31N5OS/c1-22(2,3)26-9-7-17(16-26)20-19(18-6-4-5-8-23-18)24-21(29)27(20)11-10-25-12-14-28-15-13-25/h4-9,16,19-20H,10-15H2,1-3H3,(H,24,29)/t19-,20-/m0/s1. The van der Waals surface area contributed by atoms with E-state index in [2.05, 4.69) is 70.0 Å². The van der Waals surface area contributed by atoms with Gasteiger partial charge in [-0.1, -0.05) is 6.07 Å². The Labute approximate surface area is 178 Å². The normalized spacial score (nSPS) is 23.4. The summed E-state index contributed by atoms with van der Waals surface area (Å²) in [6.45, 7) is 12.2. The third kappa shape index (κ3) is 4.47. The van der Waals surface area contributed by atoms with Gasteiger partial charge in [-0.3, -0.25) is 9.88 Å². The molecule has 0 aromatic carbocycles. The van der Waals surface area contributed by atoms with Gasteiger partial charge in [-0.05, 0) is 56.8 Å². The van der Waals surface area contributed by atoms with Crippen LogP contribution in [0.15, 0.2) is 42.9 Å². The average Bonchev–Trinajstić information content (AvgIpc) is 3.32. The number of aromatic nitrogens is 2. The lowest BCUT2D eigenvalue weighted by molar-refractivity contribution is 0.0350. The predicted octanol–water partition coefficient (Wildman–Crippen LogP) is 2.94. The fourth-order valence-electron chi connectivity index (χ4n) is 4.09. The first kappa shape index (κ1) is 20.3. The summed E-state index contributed by atoms with van der Waals surface area (Å²) in [5.41, 5.74) is 2.34. The molecule has 2 aliphatic rings. The Morgan fingerprint density at radius 1 is 1.17 bits per heavy atom. The molecule has 2 aromatic rings. The van der Waals surface area contributed by atoms with Gasteiger partial charge in [0, 0.05) is 50.3 Å². The molecule has 1 N–H and O–H groups in total. The summed E-state index contributed by atoms with van der Waals surface area (Å²) < 4.78 is 7.77. The molecule has 0 saturated carbocycles. The molecule has 4 heterocycles. The minimum atomic E-state index is 0.0456. The number of ether oxygens (including phenoxy) is 1. The smallest absolute Gasteiger partial charge is 0.170 e. The monoisotopic (exact) mass is 413 g/mol. The lowest BCUT2D eigenvalue weighted by atomic mass is 9.99. The van der Waals surface area contributed by atoms with E-state index in [0.717, 1.165) is 50.2 Å². The van der Waals surface area contributed by atoms with Crippen LogP contribution >= 0.6 is 12.2 Å². The van der Waals surface area contributed by atoms with Crippen molar-refractivity contribution in [2.24, 2.45) is 0 Å². The first-order valence-electron chi connectivity index (χ1n) is 10.4. The predicted molar refractivity (Wildman–Crippen MR) is 119 cm³/mol. The Balaban J connectivity index is 1.61. The van der Waals surface area contributed by atoms with Gasteiger partial charge >= 0.3 is 0 Å². The lowest BCUT2D eigenvalue weighted by Crippen LogP contribution is -2.42. The summed E-state index contributed by atoms with van der Waals surface area (Å²) in [4.78, 5) is 9.42. The van der Waals surface area contributed by atoms with Crippen LogP contribution < -0.4 is 5.32 Å². The van der Waals surface area contributed by atoms with Crippen LogP contribution in [0, 0.1) is 0 Å². The first-order valence-corrected chi connectivity index (χ1v) is 10.8. The molecular weight excluding hydrogens is 382 g/mol. The Bertz CT molecular complexity index is 825. The number of nitrogens with zero attached hydrogens (tertiary/aromatic N) is 4. The zero-order chi connectivity index (χ0) is 20.4. The highest BCUT2D eigenvalue weighted by atomic mass is 32.1. The molecule has 4 rings (SSSR count). The Kier molecular flexibility index (Phi) is 5.90. The van der Waals surface area contributed by atoms with Crippen LogP contribution in [-0.2, 0) is 10.3 Å². The third-order valence-electron chi connectivity index (χ3n) is 5.79. The molecule has 0 amide bonds. The Morgan fingerprint density at radius 2 is 1.97 bits per heavy atom. The number of rotatable bonds is 5. The highest BCUT2D eigenvalue weighted by Crippen LogP contribution is 2.39. The molecule has 29 heavy (non-hydrogen) atoms. The second-order valence-corrected chi connectivity index (χ2v) is 9.18. The van der Waals surface area contributed by atoms with Crippen molar-refractivity contribution in [1.29, 1.82) is 0 Å². The average molecular weight is 414 g/mol. The maximum atomic E-state index is 5.78. The number of morpholine rings is 1. The summed E-state index contributed by atoms with van der Waals surface area (Å²) in [5, 5.41) is 4.35. The molecule has 6 nitrogen and oxygen atoms in total. The largest absolute Gasteiger partial charge is 0.379 e. The van der Waals surface area contributed by atoms with Crippen LogP contribution in [0.25, 0.3) is 0 Å². The molecule has 7 heteroatoms. The van der Waals surface area contributed by atoms with Crippen LogP contribution in [0.1, 0.15) is 44.1 Å². The van der Waals surface area contributed by atoms with Gasteiger partial charge in [0.05, 0.1) is 31.0 Å². The summed E-state index contributed by atoms with van der Waals surface area (Å²) in [5.74, 6) is 0. The third-order valence-corrected chi connectivity index (χ3v) is 6.14. The highest BCUT2D eigenvalue weighted by molar-refractivity contribution is 7.80. The quantitative estimate of drug-likeness (QED) is 0.761. The van der Waals surface area contributed by atoms with Crippen molar-refractivity contribution in [3.63, 3.8) is 0 Å². The van der Waals surface area contributed by atoms with E-state index in [1.807, 2.05) is 18.3 Å². The van der Waals surface area contributed by atoms with Crippen LogP contribution in [0.4, 0.5) is 0 Å². The summed E-state index contributed by atoms with van der Waals surface area (Å²) in [6.07, 6.45) is 6.29. The molecule has 2 aromatic heterocycles. The fourth-order valence-corrected chi connectivity index (χ4v) is 4.42. The van der Waals surface area contributed by atoms with Crippen LogP contribution in [0.3, 0.4) is 0 Å². The summed E-state index contributed by atoms with van der Waals surface area (Å²) in [6, 6.07) is 8.48. The van der Waals surface area contributed by atoms with Gasteiger partial charge in [-0.25, -0.2) is 0 Å². The van der Waals surface area contributed by atoms with E-state index in [-0.39, 0.29) is 17.6 Å². The number of thiocarbonyl (C=S) groups is 1. The van der Waals surface area contributed by atoms with Gasteiger partial charge in [0.1, 0.15) is 0 Å². The molecule has 2 aliphatic heterocycles. The van der Waals surface area contributed by atoms with Crippen molar-refractivity contribution in [2.45, 2.75) is 38.4 Å². The number of hydrogen-bond acceptors (Lipinski definition) is 4. The Morgan fingerprint density at radius 3 is 2.62 bits per heavy atom. The van der Waals surface area contributed by atoms with Gasteiger partial charge in [0.25, 0.3) is 0 Å². The van der Waals surface area contributed by atoms with Gasteiger partial charge in [-0.15, -0.1) is 0 Å². The second kappa shape index (κ2) is 8.42. The molecule has 0 bridgehead atoms. The zero-order valence-electron chi connectivity index (χ0n) is 17.5. The molecule has 0 radical (unpaired) electrons. The maximum Gasteiger partial charge on any atom is 0.170 e. The summed E-state index contributed by atoms with van der Waals surface area (Å²) in [7, 11) is 0. The second-order valence-electron chi connectivity index (χ2n) is 8.80. The molecule has 0 aliphatic carbocycles. The number of pyridine rings is 1. The van der Waals surface area contributed by atoms with Gasteiger partial charge in [0.2, 0.25) is 0 Å². The van der Waals surface area contributed by atoms with E-state index < -0.39 is 0 Å². The molecule has 156 valence electrons. The van der Waals surface area contributed by atoms with Crippen molar-refractivity contribution in [1.82, 2.24) is 24.7 Å². The van der Waals surface area contributed by atoms with E-state index >= 15 is 0 Å². The van der Waals surface area contributed by atoms with Crippen molar-refractivity contribution in [3.05, 3.63) is 54.1 Å². The van der Waals surface area contributed by atoms with Crippen molar-refractivity contribution >= 4 is 17.3 Å². The summed E-state index contributed by atoms with van der Waals surface area (Å²) >= 11 is 5.78. The van der Waals surface area contributed by atoms with Crippen LogP contribution in [-0.4, -0.2) is 63.9 Å². The fraction of sp³-hybridized carbons (Fsp3) is 0.545. The van der Waals surface area contributed by atoms with Gasteiger partial charge < -0.3 is 19.5 Å². The van der Waals surface area contributed by atoms with Gasteiger partial charge in [-0.2, -0.15) is 0 Å². The topological polar surface area (TPSA) is 45.6 Å². The SMILES string of the molecule is CC(C)(C)n1ccc([C@H]2[C@H](c3ccccn3)NC(=S)N2CCN2CCOCC2)c1. The number of nitrogens with one attached hydrogen (secondary N) is 1. The minimum absolute atomic E-state index is 0.0456. The van der Waals surface area contributed by atoms with Crippen LogP contribution in [0.5, 0.6) is 0 Å². The molecule has 0 unspecified atom stereocenters. The minimum Gasteiger partial charge on any atom is -0.379 e. The highest BCUT2D eigenvalue weighted by Gasteiger charge is 2.40. The molecule has 2 fully saturated rings. The van der Waals surface area contributed by atoms with E-state index in [0.29, 0.717) is 0 Å². The van der Waals surface area contributed by atoms with E-state index in [9.17, 15) is 0 Å². The maximum absolute atomic E-state index is 5.78. The molecule has 2 saturated heterocycles. The Hall–Kier alpha value is -1.96. The lowest BCUT2D eigenvalue weighted by Gasteiger charge is -2.32.